The minimum absolute atomic E-state index is 0.391. The van der Waals surface area contributed by atoms with E-state index < -0.39 is 5.41 Å². The summed E-state index contributed by atoms with van der Waals surface area (Å²) in [6, 6.07) is 116. The van der Waals surface area contributed by atoms with Gasteiger partial charge in [-0.05, 0) is 153 Å². The van der Waals surface area contributed by atoms with Gasteiger partial charge in [0.25, 0.3) is 0 Å². The van der Waals surface area contributed by atoms with Crippen molar-refractivity contribution in [2.24, 2.45) is 0 Å². The number of nitrogens with zero attached hydrogens (tertiary/aromatic N) is 3. The van der Waals surface area contributed by atoms with E-state index in [1.807, 2.05) is 0 Å². The van der Waals surface area contributed by atoms with E-state index in [4.69, 9.17) is 15.0 Å². The van der Waals surface area contributed by atoms with Crippen LogP contribution >= 0.6 is 0 Å². The molecule has 0 saturated heterocycles. The van der Waals surface area contributed by atoms with Crippen molar-refractivity contribution in [2.75, 3.05) is 0 Å². The number of hydrogen-bond acceptors (Lipinski definition) is 3. The first-order valence-electron chi connectivity index (χ1n) is 29.1. The van der Waals surface area contributed by atoms with Crippen LogP contribution < -0.4 is 0 Å². The first-order valence-corrected chi connectivity index (χ1v) is 29.1. The first kappa shape index (κ1) is 49.7. The Balaban J connectivity index is 0.718. The van der Waals surface area contributed by atoms with Gasteiger partial charge < -0.3 is 0 Å². The highest BCUT2D eigenvalue weighted by atomic mass is 15.0. The Morgan fingerprint density at radius 1 is 0.153 bits per heavy atom. The molecule has 0 bridgehead atoms. The van der Waals surface area contributed by atoms with Crippen LogP contribution in [0.25, 0.3) is 134 Å². The van der Waals surface area contributed by atoms with Crippen LogP contribution in [-0.2, 0) is 5.41 Å². The Hall–Kier alpha value is -11.1. The number of aromatic nitrogens is 3. The summed E-state index contributed by atoms with van der Waals surface area (Å²) in [4.78, 5) is 15.6. The van der Waals surface area contributed by atoms with E-state index in [1.165, 1.54) is 83.5 Å². The molecule has 1 aromatic heterocycles. The standard InChI is InChI=1S/C82H53N3/c1-3-17-54(18-4-1)62-21-13-23-64(49-62)56-35-41-59(42-36-56)79-83-80(60-43-37-57(38-44-60)65-24-14-22-63(50-65)55-19-5-2-6-20-55)85-81(84-79)61-45-39-58(40-46-61)66-25-15-26-67(51-66)68-27-16-28-69(52-68)70-47-48-74-73-31-9-12-34-77(73)82(78(74)53-70)75-32-10-7-29-71(75)72-30-8-11-33-76(72)82/h1-53H. The summed E-state index contributed by atoms with van der Waals surface area (Å²) < 4.78 is 0. The van der Waals surface area contributed by atoms with Gasteiger partial charge >= 0.3 is 0 Å². The minimum Gasteiger partial charge on any atom is -0.208 e. The van der Waals surface area contributed by atoms with Crippen LogP contribution in [0.1, 0.15) is 22.3 Å². The van der Waals surface area contributed by atoms with Gasteiger partial charge in [-0.25, -0.2) is 15.0 Å². The highest BCUT2D eigenvalue weighted by Crippen LogP contribution is 2.63. The molecule has 0 amide bonds. The zero-order valence-corrected chi connectivity index (χ0v) is 46.4. The molecule has 0 radical (unpaired) electrons. The van der Waals surface area contributed by atoms with Gasteiger partial charge in [-0.2, -0.15) is 0 Å². The van der Waals surface area contributed by atoms with Crippen LogP contribution in [0.5, 0.6) is 0 Å². The number of rotatable bonds is 10. The summed E-state index contributed by atoms with van der Waals surface area (Å²) in [7, 11) is 0. The molecule has 0 N–H and O–H groups in total. The molecular formula is C82H53N3. The third-order valence-electron chi connectivity index (χ3n) is 17.4. The average molecular weight is 1080 g/mol. The van der Waals surface area contributed by atoms with E-state index in [0.717, 1.165) is 55.6 Å². The van der Waals surface area contributed by atoms with Gasteiger partial charge in [-0.1, -0.05) is 291 Å². The molecule has 0 atom stereocenters. The summed E-state index contributed by atoms with van der Waals surface area (Å²) in [6.45, 7) is 0. The minimum atomic E-state index is -0.391. The molecule has 1 spiro atoms. The largest absolute Gasteiger partial charge is 0.208 e. The van der Waals surface area contributed by atoms with Crippen molar-refractivity contribution in [2.45, 2.75) is 5.41 Å². The fourth-order valence-electron chi connectivity index (χ4n) is 13.2. The van der Waals surface area contributed by atoms with Gasteiger partial charge in [0.05, 0.1) is 5.41 Å². The second-order valence-corrected chi connectivity index (χ2v) is 22.2. The quantitative estimate of drug-likeness (QED) is 0.137. The van der Waals surface area contributed by atoms with Crippen molar-refractivity contribution >= 4 is 0 Å². The molecular weight excluding hydrogens is 1030 g/mol. The summed E-state index contributed by atoms with van der Waals surface area (Å²) in [5.41, 5.74) is 29.2. The molecule has 2 aliphatic rings. The predicted molar refractivity (Wildman–Crippen MR) is 350 cm³/mol. The van der Waals surface area contributed by atoms with Crippen LogP contribution in [0.15, 0.2) is 322 Å². The predicted octanol–water partition coefficient (Wildman–Crippen LogP) is 20.9. The van der Waals surface area contributed by atoms with E-state index in [1.54, 1.807) is 0 Å². The lowest BCUT2D eigenvalue weighted by Crippen LogP contribution is -2.25. The summed E-state index contributed by atoms with van der Waals surface area (Å²) in [6.07, 6.45) is 0. The SMILES string of the molecule is c1ccc(-c2cccc(-c3ccc(-c4nc(-c5ccc(-c6cccc(-c7ccccc7)c6)cc5)nc(-c5ccc(-c6cccc(-c7cccc(-c8ccc9c(c8)C8(c%10ccccc%10-c%10ccccc%108)c8ccccc8-9)c7)c6)cc5)n4)cc3)c2)cc1. The lowest BCUT2D eigenvalue weighted by atomic mass is 9.70. The van der Waals surface area contributed by atoms with Crippen LogP contribution in [0, 0.1) is 0 Å². The Morgan fingerprint density at radius 2 is 0.376 bits per heavy atom. The molecule has 3 nitrogen and oxygen atoms in total. The maximum absolute atomic E-state index is 5.20. The van der Waals surface area contributed by atoms with Crippen LogP contribution in [-0.4, -0.2) is 15.0 Å². The van der Waals surface area contributed by atoms with Crippen LogP contribution in [0.3, 0.4) is 0 Å². The second kappa shape index (κ2) is 20.7. The van der Waals surface area contributed by atoms with Crippen LogP contribution in [0.4, 0.5) is 0 Å². The zero-order valence-electron chi connectivity index (χ0n) is 46.4. The normalized spacial score (nSPS) is 12.3. The fourth-order valence-corrected chi connectivity index (χ4v) is 13.2. The molecule has 16 rings (SSSR count). The van der Waals surface area contributed by atoms with Crippen molar-refractivity contribution in [1.29, 1.82) is 0 Å². The van der Waals surface area contributed by atoms with Crippen molar-refractivity contribution in [3.8, 4) is 134 Å². The number of hydrogen-bond donors (Lipinski definition) is 0. The first-order chi connectivity index (χ1) is 42.1. The topological polar surface area (TPSA) is 38.7 Å². The number of fused-ring (bicyclic) bond motifs is 10. The Labute approximate surface area is 495 Å². The monoisotopic (exact) mass is 1080 g/mol. The molecule has 85 heavy (non-hydrogen) atoms. The lowest BCUT2D eigenvalue weighted by molar-refractivity contribution is 0.794. The molecule has 0 saturated carbocycles. The maximum atomic E-state index is 5.20. The summed E-state index contributed by atoms with van der Waals surface area (Å²) in [5.74, 6) is 1.84. The summed E-state index contributed by atoms with van der Waals surface area (Å²) in [5, 5.41) is 0. The van der Waals surface area contributed by atoms with Crippen LogP contribution in [0.2, 0.25) is 0 Å². The Morgan fingerprint density at radius 3 is 0.706 bits per heavy atom. The molecule has 396 valence electrons. The third-order valence-corrected chi connectivity index (χ3v) is 17.4. The van der Waals surface area contributed by atoms with E-state index in [-0.39, 0.29) is 0 Å². The van der Waals surface area contributed by atoms with Gasteiger partial charge in [-0.3, -0.25) is 0 Å². The molecule has 0 unspecified atom stereocenters. The van der Waals surface area contributed by atoms with E-state index in [2.05, 4.69) is 322 Å². The summed E-state index contributed by atoms with van der Waals surface area (Å²) >= 11 is 0. The average Bonchev–Trinajstić information content (AvgIpc) is 1.55. The van der Waals surface area contributed by atoms with Crippen molar-refractivity contribution in [3.63, 3.8) is 0 Å². The Kier molecular flexibility index (Phi) is 12.1. The lowest BCUT2D eigenvalue weighted by Gasteiger charge is -2.30. The van der Waals surface area contributed by atoms with E-state index in [9.17, 15) is 0 Å². The van der Waals surface area contributed by atoms with Gasteiger partial charge in [0.1, 0.15) is 0 Å². The molecule has 0 aliphatic heterocycles. The zero-order chi connectivity index (χ0) is 56.3. The number of benzene rings is 13. The smallest absolute Gasteiger partial charge is 0.164 e. The molecule has 2 aliphatic carbocycles. The fraction of sp³-hybridized carbons (Fsp3) is 0.0122. The van der Waals surface area contributed by atoms with Crippen molar-refractivity contribution in [3.05, 3.63) is 344 Å². The highest BCUT2D eigenvalue weighted by molar-refractivity contribution is 5.96. The molecule has 0 fully saturated rings. The van der Waals surface area contributed by atoms with Gasteiger partial charge in [0.15, 0.2) is 17.5 Å². The Bertz CT molecular complexity index is 4640. The van der Waals surface area contributed by atoms with E-state index in [0.29, 0.717) is 17.5 Å². The highest BCUT2D eigenvalue weighted by Gasteiger charge is 2.51. The van der Waals surface area contributed by atoms with Gasteiger partial charge in [0.2, 0.25) is 0 Å². The van der Waals surface area contributed by atoms with Gasteiger partial charge in [0, 0.05) is 16.7 Å². The molecule has 13 aromatic carbocycles. The second-order valence-electron chi connectivity index (χ2n) is 22.2. The van der Waals surface area contributed by atoms with Crippen molar-refractivity contribution < 1.29 is 0 Å². The molecule has 14 aromatic rings. The molecule has 3 heteroatoms. The third kappa shape index (κ3) is 8.72. The van der Waals surface area contributed by atoms with Gasteiger partial charge in [-0.15, -0.1) is 0 Å². The van der Waals surface area contributed by atoms with E-state index >= 15 is 0 Å². The maximum Gasteiger partial charge on any atom is 0.164 e. The molecule has 1 heterocycles. The van der Waals surface area contributed by atoms with Crippen molar-refractivity contribution in [1.82, 2.24) is 15.0 Å².